The minimum Gasteiger partial charge on any atom is -0.386 e. The molecule has 0 aromatic carbocycles. The molecule has 0 atom stereocenters. The van der Waals surface area contributed by atoms with Gasteiger partial charge in [0.1, 0.15) is 0 Å². The van der Waals surface area contributed by atoms with Crippen molar-refractivity contribution in [3.05, 3.63) is 24.3 Å². The normalized spacial score (nSPS) is 15.9. The van der Waals surface area contributed by atoms with E-state index in [2.05, 4.69) is 27.7 Å². The molecule has 0 aliphatic rings. The van der Waals surface area contributed by atoms with Gasteiger partial charge in [-0.3, -0.25) is 0 Å². The second kappa shape index (κ2) is 5.18. The van der Waals surface area contributed by atoms with Gasteiger partial charge in [0.25, 0.3) is 0 Å². The zero-order valence-electron chi connectivity index (χ0n) is 13.2. The molecule has 0 saturated heterocycles. The number of hydrogen-bond donors (Lipinski definition) is 2. The van der Waals surface area contributed by atoms with Crippen molar-refractivity contribution < 1.29 is 10.2 Å². The summed E-state index contributed by atoms with van der Waals surface area (Å²) in [6, 6.07) is 0. The highest BCUT2D eigenvalue weighted by Gasteiger charge is 2.33. The molecule has 0 radical (unpaired) electrons. The van der Waals surface area contributed by atoms with Crippen LogP contribution in [0.4, 0.5) is 0 Å². The highest BCUT2D eigenvalue weighted by Crippen LogP contribution is 2.41. The first-order valence-electron chi connectivity index (χ1n) is 6.52. The summed E-state index contributed by atoms with van der Waals surface area (Å²) < 4.78 is 0. The van der Waals surface area contributed by atoms with Crippen molar-refractivity contribution in [1.29, 1.82) is 0 Å². The van der Waals surface area contributed by atoms with E-state index in [4.69, 9.17) is 0 Å². The molecule has 106 valence electrons. The quantitative estimate of drug-likeness (QED) is 0.735. The van der Waals surface area contributed by atoms with Crippen molar-refractivity contribution >= 4 is 0 Å². The first-order valence-corrected chi connectivity index (χ1v) is 6.52. The minimum absolute atomic E-state index is 0.116. The summed E-state index contributed by atoms with van der Waals surface area (Å²) >= 11 is 0. The van der Waals surface area contributed by atoms with Gasteiger partial charge in [-0.15, -0.1) is 0 Å². The zero-order chi connectivity index (χ0) is 14.8. The van der Waals surface area contributed by atoms with Gasteiger partial charge in [-0.05, 0) is 38.5 Å². The highest BCUT2D eigenvalue weighted by molar-refractivity contribution is 5.14. The van der Waals surface area contributed by atoms with Crippen LogP contribution in [0.2, 0.25) is 0 Å². The SMILES string of the molecule is CC(C)(O)/C=C/C(C)(C)C(C)(C)/C=C/C(C)(C)O. The maximum absolute atomic E-state index is 9.76. The molecule has 0 aliphatic heterocycles. The maximum Gasteiger partial charge on any atom is 0.0771 e. The van der Waals surface area contributed by atoms with E-state index in [9.17, 15) is 10.2 Å². The van der Waals surface area contributed by atoms with Gasteiger partial charge in [0.2, 0.25) is 0 Å². The van der Waals surface area contributed by atoms with Gasteiger partial charge in [0.05, 0.1) is 11.2 Å². The zero-order valence-corrected chi connectivity index (χ0v) is 13.2. The first kappa shape index (κ1) is 17.4. The average Bonchev–Trinajstić information content (AvgIpc) is 2.10. The first-order chi connectivity index (χ1) is 7.66. The van der Waals surface area contributed by atoms with Gasteiger partial charge in [-0.2, -0.15) is 0 Å². The fourth-order valence-electron chi connectivity index (χ4n) is 1.25. The van der Waals surface area contributed by atoms with E-state index >= 15 is 0 Å². The molecule has 0 rings (SSSR count). The largest absolute Gasteiger partial charge is 0.386 e. The van der Waals surface area contributed by atoms with E-state index in [0.717, 1.165) is 0 Å². The van der Waals surface area contributed by atoms with Crippen molar-refractivity contribution in [2.75, 3.05) is 0 Å². The summed E-state index contributed by atoms with van der Waals surface area (Å²) in [6.45, 7) is 15.6. The monoisotopic (exact) mass is 254 g/mol. The van der Waals surface area contributed by atoms with Crippen LogP contribution in [-0.2, 0) is 0 Å². The van der Waals surface area contributed by atoms with E-state index in [1.54, 1.807) is 27.7 Å². The molecule has 0 bridgehead atoms. The second-order valence-corrected chi connectivity index (χ2v) is 7.42. The smallest absolute Gasteiger partial charge is 0.0771 e. The lowest BCUT2D eigenvalue weighted by Gasteiger charge is -2.38. The Hall–Kier alpha value is -0.600. The summed E-state index contributed by atoms with van der Waals surface area (Å²) in [5, 5.41) is 19.5. The Balaban J connectivity index is 5.09. The second-order valence-electron chi connectivity index (χ2n) is 7.42. The molecule has 0 aromatic rings. The van der Waals surface area contributed by atoms with Crippen LogP contribution in [0.3, 0.4) is 0 Å². The molecule has 0 unspecified atom stereocenters. The third kappa shape index (κ3) is 6.36. The molecule has 18 heavy (non-hydrogen) atoms. The highest BCUT2D eigenvalue weighted by atomic mass is 16.3. The molecule has 2 nitrogen and oxygen atoms in total. The predicted octanol–water partition coefficient (Wildman–Crippen LogP) is 3.69. The van der Waals surface area contributed by atoms with Gasteiger partial charge >= 0.3 is 0 Å². The third-order valence-corrected chi connectivity index (χ3v) is 3.48. The Morgan fingerprint density at radius 3 is 0.889 bits per heavy atom. The number of aliphatic hydroxyl groups is 2. The summed E-state index contributed by atoms with van der Waals surface area (Å²) in [5.74, 6) is 0. The number of allylic oxidation sites excluding steroid dienone is 2. The van der Waals surface area contributed by atoms with Crippen LogP contribution in [0.25, 0.3) is 0 Å². The summed E-state index contributed by atoms with van der Waals surface area (Å²) in [6.07, 6.45) is 7.74. The van der Waals surface area contributed by atoms with E-state index < -0.39 is 11.2 Å². The lowest BCUT2D eigenvalue weighted by atomic mass is 9.67. The van der Waals surface area contributed by atoms with E-state index in [0.29, 0.717) is 0 Å². The fourth-order valence-corrected chi connectivity index (χ4v) is 1.25. The molecule has 0 aliphatic carbocycles. The molecule has 2 N–H and O–H groups in total. The molecule has 0 fully saturated rings. The van der Waals surface area contributed by atoms with Crippen LogP contribution < -0.4 is 0 Å². The van der Waals surface area contributed by atoms with Crippen LogP contribution in [0, 0.1) is 10.8 Å². The Morgan fingerprint density at radius 1 is 0.500 bits per heavy atom. The molecule has 0 spiro atoms. The van der Waals surface area contributed by atoms with Crippen LogP contribution in [0.5, 0.6) is 0 Å². The van der Waals surface area contributed by atoms with Crippen molar-refractivity contribution in [2.24, 2.45) is 10.8 Å². The van der Waals surface area contributed by atoms with Gasteiger partial charge in [-0.25, -0.2) is 0 Å². The van der Waals surface area contributed by atoms with Crippen LogP contribution in [0.1, 0.15) is 55.4 Å². The molecular formula is C16H30O2. The van der Waals surface area contributed by atoms with Gasteiger partial charge in [0.15, 0.2) is 0 Å². The number of hydrogen-bond acceptors (Lipinski definition) is 2. The predicted molar refractivity (Wildman–Crippen MR) is 78.4 cm³/mol. The van der Waals surface area contributed by atoms with E-state index in [1.165, 1.54) is 0 Å². The van der Waals surface area contributed by atoms with Crippen molar-refractivity contribution in [3.8, 4) is 0 Å². The minimum atomic E-state index is -0.798. The van der Waals surface area contributed by atoms with Crippen molar-refractivity contribution in [1.82, 2.24) is 0 Å². The Kier molecular flexibility index (Phi) is 5.01. The summed E-state index contributed by atoms with van der Waals surface area (Å²) in [4.78, 5) is 0. The fraction of sp³-hybridized carbons (Fsp3) is 0.750. The maximum atomic E-state index is 9.76. The average molecular weight is 254 g/mol. The Bertz CT molecular complexity index is 286. The van der Waals surface area contributed by atoms with Crippen LogP contribution in [-0.4, -0.2) is 21.4 Å². The van der Waals surface area contributed by atoms with E-state index in [1.807, 2.05) is 24.3 Å². The molecule has 0 amide bonds. The van der Waals surface area contributed by atoms with Gasteiger partial charge in [0, 0.05) is 0 Å². The van der Waals surface area contributed by atoms with Crippen molar-refractivity contribution in [2.45, 2.75) is 66.6 Å². The molecule has 2 heteroatoms. The summed E-state index contributed by atoms with van der Waals surface area (Å²) in [5.41, 5.74) is -1.83. The lowest BCUT2D eigenvalue weighted by Crippen LogP contribution is -2.30. The molecular weight excluding hydrogens is 224 g/mol. The number of rotatable bonds is 5. The Labute approximate surface area is 112 Å². The van der Waals surface area contributed by atoms with E-state index in [-0.39, 0.29) is 10.8 Å². The van der Waals surface area contributed by atoms with Crippen molar-refractivity contribution in [3.63, 3.8) is 0 Å². The van der Waals surface area contributed by atoms with Crippen LogP contribution >= 0.6 is 0 Å². The molecule has 0 saturated carbocycles. The lowest BCUT2D eigenvalue weighted by molar-refractivity contribution is 0.125. The third-order valence-electron chi connectivity index (χ3n) is 3.48. The molecule has 0 aromatic heterocycles. The Morgan fingerprint density at radius 2 is 0.722 bits per heavy atom. The van der Waals surface area contributed by atoms with Gasteiger partial charge < -0.3 is 10.2 Å². The topological polar surface area (TPSA) is 40.5 Å². The standard InChI is InChI=1S/C16H30O2/c1-13(2,9-11-15(5,6)17)14(3,4)10-12-16(7,8)18/h9-12,17-18H,1-8H3/b11-9+,12-10+. The van der Waals surface area contributed by atoms with Gasteiger partial charge in [-0.1, -0.05) is 52.0 Å². The molecule has 0 heterocycles. The van der Waals surface area contributed by atoms with Crippen LogP contribution in [0.15, 0.2) is 24.3 Å². The summed E-state index contributed by atoms with van der Waals surface area (Å²) in [7, 11) is 0.